The predicted octanol–water partition coefficient (Wildman–Crippen LogP) is 1.12. The molecule has 0 aromatic carbocycles. The molecular weight excluding hydrogens is 248 g/mol. The van der Waals surface area contributed by atoms with E-state index in [-0.39, 0.29) is 12.6 Å². The van der Waals surface area contributed by atoms with E-state index in [2.05, 4.69) is 13.8 Å². The van der Waals surface area contributed by atoms with Crippen molar-refractivity contribution in [3.05, 3.63) is 0 Å². The van der Waals surface area contributed by atoms with Gasteiger partial charge in [0.1, 0.15) is 6.54 Å². The minimum absolute atomic E-state index is 0.196. The number of urea groups is 1. The number of amides is 2. The highest BCUT2D eigenvalue weighted by Crippen LogP contribution is 2.21. The van der Waals surface area contributed by atoms with Crippen LogP contribution in [0.2, 0.25) is 0 Å². The molecule has 6 nitrogen and oxygen atoms in total. The quantitative estimate of drug-likeness (QED) is 0.814. The summed E-state index contributed by atoms with van der Waals surface area (Å²) in [5.41, 5.74) is 0. The smallest absolute Gasteiger partial charge is 0.323 e. The van der Waals surface area contributed by atoms with Crippen molar-refractivity contribution in [1.29, 1.82) is 0 Å². The van der Waals surface area contributed by atoms with E-state index in [9.17, 15) is 9.59 Å². The molecular formula is C13H24N2O4. The SMILES string of the molecule is COCCN(CC(=O)O)C(=O)N1CC(C)CC(C)C1. The molecule has 0 aromatic heterocycles. The first-order valence-corrected chi connectivity index (χ1v) is 6.68. The lowest BCUT2D eigenvalue weighted by molar-refractivity contribution is -0.137. The number of carbonyl (C=O) groups excluding carboxylic acids is 1. The van der Waals surface area contributed by atoms with Crippen LogP contribution in [0.3, 0.4) is 0 Å². The van der Waals surface area contributed by atoms with Crippen LogP contribution < -0.4 is 0 Å². The van der Waals surface area contributed by atoms with Gasteiger partial charge in [-0.2, -0.15) is 0 Å². The van der Waals surface area contributed by atoms with Crippen molar-refractivity contribution in [1.82, 2.24) is 9.80 Å². The third-order valence-electron chi connectivity index (χ3n) is 3.30. The molecule has 1 saturated heterocycles. The maximum atomic E-state index is 12.4. The molecule has 1 rings (SSSR count). The molecule has 2 amide bonds. The first kappa shape index (κ1) is 15.8. The van der Waals surface area contributed by atoms with Crippen molar-refractivity contribution in [2.75, 3.05) is 39.9 Å². The lowest BCUT2D eigenvalue weighted by Crippen LogP contribution is -2.51. The van der Waals surface area contributed by atoms with Crippen LogP contribution in [0.15, 0.2) is 0 Å². The first-order valence-electron chi connectivity index (χ1n) is 6.68. The van der Waals surface area contributed by atoms with Gasteiger partial charge in [0, 0.05) is 26.7 Å². The third-order valence-corrected chi connectivity index (χ3v) is 3.30. The van der Waals surface area contributed by atoms with Crippen molar-refractivity contribution in [3.63, 3.8) is 0 Å². The average molecular weight is 272 g/mol. The van der Waals surface area contributed by atoms with Crippen LogP contribution in [0.25, 0.3) is 0 Å². The predicted molar refractivity (Wildman–Crippen MR) is 71.0 cm³/mol. The lowest BCUT2D eigenvalue weighted by atomic mass is 9.92. The molecule has 0 bridgehead atoms. The highest BCUT2D eigenvalue weighted by Gasteiger charge is 2.29. The van der Waals surface area contributed by atoms with Crippen LogP contribution in [0, 0.1) is 11.8 Å². The Morgan fingerprint density at radius 2 is 1.89 bits per heavy atom. The number of nitrogens with zero attached hydrogens (tertiary/aromatic N) is 2. The maximum Gasteiger partial charge on any atom is 0.323 e. The molecule has 0 spiro atoms. The van der Waals surface area contributed by atoms with Crippen LogP contribution in [0.5, 0.6) is 0 Å². The second-order valence-corrected chi connectivity index (χ2v) is 5.44. The number of hydrogen-bond donors (Lipinski definition) is 1. The minimum atomic E-state index is -0.998. The number of piperidine rings is 1. The lowest BCUT2D eigenvalue weighted by Gasteiger charge is -2.37. The van der Waals surface area contributed by atoms with E-state index in [0.29, 0.717) is 38.1 Å². The van der Waals surface area contributed by atoms with Gasteiger partial charge < -0.3 is 19.6 Å². The molecule has 6 heteroatoms. The van der Waals surface area contributed by atoms with Crippen LogP contribution in [0.1, 0.15) is 20.3 Å². The van der Waals surface area contributed by atoms with E-state index in [4.69, 9.17) is 9.84 Å². The molecule has 0 radical (unpaired) electrons. The number of hydrogen-bond acceptors (Lipinski definition) is 3. The average Bonchev–Trinajstić information content (AvgIpc) is 2.32. The summed E-state index contributed by atoms with van der Waals surface area (Å²) in [5.74, 6) is -0.0776. The van der Waals surface area contributed by atoms with Gasteiger partial charge in [0.2, 0.25) is 0 Å². The summed E-state index contributed by atoms with van der Waals surface area (Å²) >= 11 is 0. The number of aliphatic carboxylic acids is 1. The number of rotatable bonds is 5. The maximum absolute atomic E-state index is 12.4. The van der Waals surface area contributed by atoms with E-state index in [0.717, 1.165) is 6.42 Å². The van der Waals surface area contributed by atoms with Crippen LogP contribution in [-0.4, -0.2) is 66.8 Å². The molecule has 1 N–H and O–H groups in total. The Morgan fingerprint density at radius 1 is 1.32 bits per heavy atom. The number of carboxylic acid groups (broad SMARTS) is 1. The largest absolute Gasteiger partial charge is 0.480 e. The van der Waals surface area contributed by atoms with Gasteiger partial charge in [-0.05, 0) is 18.3 Å². The van der Waals surface area contributed by atoms with E-state index in [1.54, 1.807) is 4.90 Å². The minimum Gasteiger partial charge on any atom is -0.480 e. The van der Waals surface area contributed by atoms with Gasteiger partial charge in [-0.25, -0.2) is 4.79 Å². The van der Waals surface area contributed by atoms with Gasteiger partial charge in [0.25, 0.3) is 0 Å². The molecule has 0 saturated carbocycles. The Bertz CT molecular complexity index is 312. The van der Waals surface area contributed by atoms with Crippen LogP contribution in [-0.2, 0) is 9.53 Å². The van der Waals surface area contributed by atoms with Crippen molar-refractivity contribution in [2.45, 2.75) is 20.3 Å². The molecule has 19 heavy (non-hydrogen) atoms. The highest BCUT2D eigenvalue weighted by molar-refractivity contribution is 5.80. The summed E-state index contributed by atoms with van der Waals surface area (Å²) in [4.78, 5) is 26.3. The van der Waals surface area contributed by atoms with E-state index < -0.39 is 5.97 Å². The molecule has 1 aliphatic heterocycles. The fraction of sp³-hybridized carbons (Fsp3) is 0.846. The fourth-order valence-electron chi connectivity index (χ4n) is 2.63. The Balaban J connectivity index is 2.65. The fourth-order valence-corrected chi connectivity index (χ4v) is 2.63. The monoisotopic (exact) mass is 272 g/mol. The molecule has 1 heterocycles. The third kappa shape index (κ3) is 5.06. The zero-order valence-electron chi connectivity index (χ0n) is 12.0. The summed E-state index contributed by atoms with van der Waals surface area (Å²) in [5, 5.41) is 8.88. The van der Waals surface area contributed by atoms with Crippen molar-refractivity contribution < 1.29 is 19.4 Å². The van der Waals surface area contributed by atoms with Crippen molar-refractivity contribution >= 4 is 12.0 Å². The zero-order valence-corrected chi connectivity index (χ0v) is 12.0. The van der Waals surface area contributed by atoms with Crippen LogP contribution in [0.4, 0.5) is 4.79 Å². The summed E-state index contributed by atoms with van der Waals surface area (Å²) in [6.07, 6.45) is 1.11. The normalized spacial score (nSPS) is 23.2. The molecule has 0 aromatic rings. The molecule has 2 atom stereocenters. The summed E-state index contributed by atoms with van der Waals surface area (Å²) in [6.45, 7) is 6.01. The topological polar surface area (TPSA) is 70.1 Å². The van der Waals surface area contributed by atoms with Gasteiger partial charge in [0.15, 0.2) is 0 Å². The van der Waals surface area contributed by atoms with E-state index in [1.807, 2.05) is 0 Å². The molecule has 0 aliphatic carbocycles. The van der Waals surface area contributed by atoms with Gasteiger partial charge >= 0.3 is 12.0 Å². The van der Waals surface area contributed by atoms with E-state index in [1.165, 1.54) is 12.0 Å². The summed E-state index contributed by atoms with van der Waals surface area (Å²) in [6, 6.07) is -0.196. The van der Waals surface area contributed by atoms with Crippen molar-refractivity contribution in [2.24, 2.45) is 11.8 Å². The standard InChI is InChI=1S/C13H24N2O4/c1-10-6-11(2)8-15(7-10)13(18)14(4-5-19-3)9-12(16)17/h10-11H,4-9H2,1-3H3,(H,16,17). The molecule has 2 unspecified atom stereocenters. The van der Waals surface area contributed by atoms with Crippen molar-refractivity contribution in [3.8, 4) is 0 Å². The van der Waals surface area contributed by atoms with Gasteiger partial charge in [-0.1, -0.05) is 13.8 Å². The number of carboxylic acids is 1. The second-order valence-electron chi connectivity index (χ2n) is 5.44. The Labute approximate surface area is 114 Å². The van der Waals surface area contributed by atoms with Gasteiger partial charge in [-0.3, -0.25) is 4.79 Å². The van der Waals surface area contributed by atoms with Gasteiger partial charge in [0.05, 0.1) is 6.61 Å². The second kappa shape index (κ2) is 7.33. The van der Waals surface area contributed by atoms with Crippen LogP contribution >= 0.6 is 0 Å². The highest BCUT2D eigenvalue weighted by atomic mass is 16.5. The van der Waals surface area contributed by atoms with E-state index >= 15 is 0 Å². The number of carbonyl (C=O) groups is 2. The molecule has 1 fully saturated rings. The summed E-state index contributed by atoms with van der Waals surface area (Å²) in [7, 11) is 1.54. The Hall–Kier alpha value is -1.30. The number of ether oxygens (including phenoxy) is 1. The number of likely N-dealkylation sites (tertiary alicyclic amines) is 1. The Kier molecular flexibility index (Phi) is 6.08. The van der Waals surface area contributed by atoms with Gasteiger partial charge in [-0.15, -0.1) is 0 Å². The molecule has 1 aliphatic rings. The number of methoxy groups -OCH3 is 1. The zero-order chi connectivity index (χ0) is 14.4. The Morgan fingerprint density at radius 3 is 2.37 bits per heavy atom. The molecule has 110 valence electrons. The first-order chi connectivity index (χ1) is 8.93. The summed E-state index contributed by atoms with van der Waals surface area (Å²) < 4.78 is 4.93.